The van der Waals surface area contributed by atoms with Crippen LogP contribution in [0.1, 0.15) is 33.6 Å². The van der Waals surface area contributed by atoms with Crippen LogP contribution in [-0.4, -0.2) is 23.9 Å². The first kappa shape index (κ1) is 11.0. The third-order valence-electron chi connectivity index (χ3n) is 1.76. The smallest absolute Gasteiger partial charge is 0.223 e. The second kappa shape index (κ2) is 6.72. The van der Waals surface area contributed by atoms with Crippen LogP contribution in [0.4, 0.5) is 0 Å². The number of nitrogens with zero attached hydrogens (tertiary/aromatic N) is 1. The maximum Gasteiger partial charge on any atom is 0.223 e. The van der Waals surface area contributed by atoms with Gasteiger partial charge in [-0.3, -0.25) is 4.79 Å². The fourth-order valence-electron chi connectivity index (χ4n) is 1.03. The second-order valence-corrected chi connectivity index (χ2v) is 2.49. The molecule has 0 aromatic rings. The van der Waals surface area contributed by atoms with Crippen molar-refractivity contribution in [3.63, 3.8) is 0 Å². The van der Waals surface area contributed by atoms with Gasteiger partial charge in [0, 0.05) is 25.9 Å². The largest absolute Gasteiger partial charge is 0.343 e. The molecule has 0 saturated heterocycles. The van der Waals surface area contributed by atoms with Gasteiger partial charge in [-0.1, -0.05) is 0 Å². The van der Waals surface area contributed by atoms with E-state index >= 15 is 0 Å². The fourth-order valence-corrected chi connectivity index (χ4v) is 1.03. The summed E-state index contributed by atoms with van der Waals surface area (Å²) in [5, 5.41) is 0. The maximum atomic E-state index is 11.3. The summed E-state index contributed by atoms with van der Waals surface area (Å²) in [6.07, 6.45) is 1.24. The van der Waals surface area contributed by atoms with Gasteiger partial charge in [-0.05, 0) is 20.8 Å². The highest BCUT2D eigenvalue weighted by Crippen LogP contribution is 1.96. The summed E-state index contributed by atoms with van der Waals surface area (Å²) in [6.45, 7) is 7.38. The lowest BCUT2D eigenvalue weighted by atomic mass is 10.3. The van der Waals surface area contributed by atoms with E-state index in [0.717, 1.165) is 13.1 Å². The van der Waals surface area contributed by atoms with E-state index in [4.69, 9.17) is 0 Å². The number of rotatable bonds is 4. The van der Waals surface area contributed by atoms with Crippen molar-refractivity contribution >= 4 is 5.91 Å². The Morgan fingerprint density at radius 1 is 1.33 bits per heavy atom. The maximum absolute atomic E-state index is 11.3. The Balaban J connectivity index is 3.74. The van der Waals surface area contributed by atoms with E-state index in [1.165, 1.54) is 0 Å². The monoisotopic (exact) mass is 167 g/mol. The summed E-state index contributed by atoms with van der Waals surface area (Å²) < 4.78 is 0. The predicted octanol–water partition coefficient (Wildman–Crippen LogP) is 1.66. The molecule has 0 radical (unpaired) electrons. The lowest BCUT2D eigenvalue weighted by Gasteiger charge is -2.17. The number of hydrogen-bond acceptors (Lipinski definition) is 1. The van der Waals surface area contributed by atoms with Crippen LogP contribution in [0, 0.1) is 11.8 Å². The number of carbonyl (C=O) groups is 1. The van der Waals surface area contributed by atoms with Crippen LogP contribution in [-0.2, 0) is 4.79 Å². The molecule has 0 aromatic heterocycles. The van der Waals surface area contributed by atoms with Crippen LogP contribution >= 0.6 is 0 Å². The molecule has 0 fully saturated rings. The molecule has 1 amide bonds. The summed E-state index contributed by atoms with van der Waals surface area (Å²) in [6, 6.07) is 0. The van der Waals surface area contributed by atoms with Gasteiger partial charge in [0.25, 0.3) is 0 Å². The van der Waals surface area contributed by atoms with Crippen molar-refractivity contribution < 1.29 is 4.79 Å². The Morgan fingerprint density at radius 2 is 1.92 bits per heavy atom. The van der Waals surface area contributed by atoms with Gasteiger partial charge in [-0.2, -0.15) is 0 Å². The van der Waals surface area contributed by atoms with Crippen LogP contribution in [0.15, 0.2) is 0 Å². The van der Waals surface area contributed by atoms with E-state index in [9.17, 15) is 4.79 Å². The molecule has 2 heteroatoms. The van der Waals surface area contributed by atoms with E-state index < -0.39 is 0 Å². The minimum atomic E-state index is 0.211. The molecule has 2 nitrogen and oxygen atoms in total. The molecule has 0 aliphatic heterocycles. The Kier molecular flexibility index (Phi) is 6.18. The first-order valence-electron chi connectivity index (χ1n) is 4.43. The normalized spacial score (nSPS) is 8.58. The van der Waals surface area contributed by atoms with Gasteiger partial charge in [0.1, 0.15) is 0 Å². The molecule has 0 unspecified atom stereocenters. The summed E-state index contributed by atoms with van der Waals surface area (Å²) in [4.78, 5) is 13.2. The molecule has 0 N–H and O–H groups in total. The van der Waals surface area contributed by atoms with Crippen molar-refractivity contribution in [2.45, 2.75) is 33.6 Å². The Hall–Kier alpha value is -0.970. The predicted molar refractivity (Wildman–Crippen MR) is 50.6 cm³/mol. The van der Waals surface area contributed by atoms with Gasteiger partial charge >= 0.3 is 0 Å². The van der Waals surface area contributed by atoms with E-state index in [0.29, 0.717) is 12.8 Å². The highest BCUT2D eigenvalue weighted by atomic mass is 16.2. The Labute approximate surface area is 74.9 Å². The molecule has 0 saturated carbocycles. The fraction of sp³-hybridized carbons (Fsp3) is 0.700. The highest BCUT2D eigenvalue weighted by Gasteiger charge is 2.06. The second-order valence-electron chi connectivity index (χ2n) is 2.49. The SMILES string of the molecule is CC#CCCC(=O)N(CC)CC. The van der Waals surface area contributed by atoms with E-state index in [1.54, 1.807) is 6.92 Å². The zero-order chi connectivity index (χ0) is 9.40. The van der Waals surface area contributed by atoms with Crippen molar-refractivity contribution in [2.24, 2.45) is 0 Å². The average molecular weight is 167 g/mol. The number of hydrogen-bond donors (Lipinski definition) is 0. The standard InChI is InChI=1S/C10H17NO/c1-4-7-8-9-10(12)11(5-2)6-3/h5-6,8-9H2,1-3H3. The zero-order valence-corrected chi connectivity index (χ0v) is 8.18. The van der Waals surface area contributed by atoms with Gasteiger partial charge in [0.2, 0.25) is 5.91 Å². The van der Waals surface area contributed by atoms with E-state index in [1.807, 2.05) is 18.7 Å². The van der Waals surface area contributed by atoms with Crippen LogP contribution in [0.2, 0.25) is 0 Å². The summed E-state index contributed by atoms with van der Waals surface area (Å²) in [5.74, 6) is 5.87. The van der Waals surface area contributed by atoms with Gasteiger partial charge in [0.05, 0.1) is 0 Å². The summed E-state index contributed by atoms with van der Waals surface area (Å²) in [7, 11) is 0. The third-order valence-corrected chi connectivity index (χ3v) is 1.76. The van der Waals surface area contributed by atoms with Crippen molar-refractivity contribution in [1.29, 1.82) is 0 Å². The Morgan fingerprint density at radius 3 is 2.33 bits per heavy atom. The average Bonchev–Trinajstić information content (AvgIpc) is 2.07. The minimum absolute atomic E-state index is 0.211. The van der Waals surface area contributed by atoms with Gasteiger partial charge in [-0.15, -0.1) is 11.8 Å². The lowest BCUT2D eigenvalue weighted by Crippen LogP contribution is -2.30. The number of carbonyl (C=O) groups excluding carboxylic acids is 1. The van der Waals surface area contributed by atoms with Crippen molar-refractivity contribution in [3.05, 3.63) is 0 Å². The molecule has 0 heterocycles. The van der Waals surface area contributed by atoms with Crippen LogP contribution in [0.5, 0.6) is 0 Å². The lowest BCUT2D eigenvalue weighted by molar-refractivity contribution is -0.130. The molecule has 0 aromatic carbocycles. The van der Waals surface area contributed by atoms with Crippen molar-refractivity contribution in [2.75, 3.05) is 13.1 Å². The molecule has 68 valence electrons. The van der Waals surface area contributed by atoms with Crippen molar-refractivity contribution in [3.8, 4) is 11.8 Å². The summed E-state index contributed by atoms with van der Waals surface area (Å²) >= 11 is 0. The first-order chi connectivity index (χ1) is 5.76. The first-order valence-corrected chi connectivity index (χ1v) is 4.43. The highest BCUT2D eigenvalue weighted by molar-refractivity contribution is 5.76. The third kappa shape index (κ3) is 4.02. The molecule has 0 spiro atoms. The number of amides is 1. The van der Waals surface area contributed by atoms with Gasteiger partial charge in [0.15, 0.2) is 0 Å². The molecule has 0 rings (SSSR count). The van der Waals surface area contributed by atoms with Crippen LogP contribution in [0.3, 0.4) is 0 Å². The van der Waals surface area contributed by atoms with Crippen molar-refractivity contribution in [1.82, 2.24) is 4.90 Å². The van der Waals surface area contributed by atoms with E-state index in [2.05, 4.69) is 11.8 Å². The topological polar surface area (TPSA) is 20.3 Å². The van der Waals surface area contributed by atoms with Gasteiger partial charge < -0.3 is 4.90 Å². The Bertz CT molecular complexity index is 184. The van der Waals surface area contributed by atoms with Crippen LogP contribution in [0.25, 0.3) is 0 Å². The summed E-state index contributed by atoms with van der Waals surface area (Å²) in [5.41, 5.74) is 0. The molecular formula is C10H17NO. The minimum Gasteiger partial charge on any atom is -0.343 e. The molecule has 0 atom stereocenters. The molecule has 12 heavy (non-hydrogen) atoms. The quantitative estimate of drug-likeness (QED) is 0.583. The molecule has 0 aliphatic carbocycles. The molecule has 0 bridgehead atoms. The molecular weight excluding hydrogens is 150 g/mol. The van der Waals surface area contributed by atoms with E-state index in [-0.39, 0.29) is 5.91 Å². The molecule has 0 aliphatic rings. The van der Waals surface area contributed by atoms with Gasteiger partial charge in [-0.25, -0.2) is 0 Å². The zero-order valence-electron chi connectivity index (χ0n) is 8.18. The van der Waals surface area contributed by atoms with Crippen LogP contribution < -0.4 is 0 Å².